The summed E-state index contributed by atoms with van der Waals surface area (Å²) in [6.45, 7) is 15.2. The molecule has 2 rings (SSSR count). The fraction of sp³-hybridized carbons (Fsp3) is 0.955. The van der Waals surface area contributed by atoms with Crippen LogP contribution in [0.1, 0.15) is 92.9 Å². The maximum absolute atomic E-state index is 12.4. The molecule has 2 unspecified atom stereocenters. The summed E-state index contributed by atoms with van der Waals surface area (Å²) in [5, 5.41) is 0. The normalized spacial score (nSPS) is 30.8. The number of amides is 1. The van der Waals surface area contributed by atoms with E-state index in [0.29, 0.717) is 11.5 Å². The van der Waals surface area contributed by atoms with Gasteiger partial charge in [0.1, 0.15) is 0 Å². The number of rotatable bonds is 7. The Bertz CT molecular complexity index is 474. The molecule has 0 bridgehead atoms. The molecule has 0 aromatic carbocycles. The Morgan fingerprint density at radius 3 is 2.35 bits per heavy atom. The third-order valence-corrected chi connectivity index (χ3v) is 6.39. The molecule has 0 radical (unpaired) electrons. The van der Waals surface area contributed by atoms with Gasteiger partial charge in [0.25, 0.3) is 0 Å². The van der Waals surface area contributed by atoms with Crippen LogP contribution >= 0.6 is 0 Å². The number of carbonyl (C=O) groups excluding carboxylic acids is 1. The molecule has 1 amide bonds. The van der Waals surface area contributed by atoms with Gasteiger partial charge >= 0.3 is 0 Å². The van der Waals surface area contributed by atoms with Crippen LogP contribution in [0.15, 0.2) is 0 Å². The molecular weight excluding hydrogens is 326 g/mol. The number of unbranched alkanes of at least 4 members (excludes halogenated alkanes) is 1. The lowest BCUT2D eigenvalue weighted by molar-refractivity contribution is -0.140. The first-order valence-electron chi connectivity index (χ1n) is 10.6. The maximum Gasteiger partial charge on any atom is 0.219 e. The number of ether oxygens (including phenoxy) is 2. The molecule has 0 spiro atoms. The van der Waals surface area contributed by atoms with Gasteiger partial charge in [0.05, 0.1) is 11.2 Å². The first-order valence-corrected chi connectivity index (χ1v) is 10.6. The minimum Gasteiger partial charge on any atom is -0.376 e. The van der Waals surface area contributed by atoms with Crippen molar-refractivity contribution in [3.8, 4) is 0 Å². The van der Waals surface area contributed by atoms with Crippen molar-refractivity contribution in [1.82, 2.24) is 4.90 Å². The van der Waals surface area contributed by atoms with Gasteiger partial charge in [-0.2, -0.15) is 0 Å². The Kier molecular flexibility index (Phi) is 7.17. The van der Waals surface area contributed by atoms with Gasteiger partial charge in [-0.25, -0.2) is 0 Å². The molecule has 2 saturated heterocycles. The second-order valence-corrected chi connectivity index (χ2v) is 9.86. The van der Waals surface area contributed by atoms with E-state index in [4.69, 9.17) is 9.47 Å². The SMILES string of the molecule is CCCCC1(CCN(C(C)=O)C2CCOC(C)(C)C2)CCOC(C)(C)C1. The molecule has 0 aliphatic carbocycles. The molecule has 2 heterocycles. The second-order valence-electron chi connectivity index (χ2n) is 9.86. The van der Waals surface area contributed by atoms with Crippen LogP contribution in [0.25, 0.3) is 0 Å². The second kappa shape index (κ2) is 8.60. The van der Waals surface area contributed by atoms with Crippen LogP contribution in [0.3, 0.4) is 0 Å². The van der Waals surface area contributed by atoms with Crippen molar-refractivity contribution >= 4 is 5.91 Å². The predicted molar refractivity (Wildman–Crippen MR) is 106 cm³/mol. The van der Waals surface area contributed by atoms with E-state index < -0.39 is 0 Å². The van der Waals surface area contributed by atoms with Crippen LogP contribution in [0, 0.1) is 5.41 Å². The summed E-state index contributed by atoms with van der Waals surface area (Å²) in [6, 6.07) is 0.312. The van der Waals surface area contributed by atoms with E-state index in [-0.39, 0.29) is 17.1 Å². The molecule has 2 fully saturated rings. The fourth-order valence-corrected chi connectivity index (χ4v) is 5.11. The highest BCUT2D eigenvalue weighted by molar-refractivity contribution is 5.73. The smallest absolute Gasteiger partial charge is 0.219 e. The topological polar surface area (TPSA) is 38.8 Å². The van der Waals surface area contributed by atoms with Gasteiger partial charge in [-0.1, -0.05) is 19.8 Å². The van der Waals surface area contributed by atoms with E-state index in [1.54, 1.807) is 6.92 Å². The van der Waals surface area contributed by atoms with E-state index in [0.717, 1.165) is 51.9 Å². The zero-order chi connectivity index (χ0) is 19.4. The molecule has 0 aromatic heterocycles. The molecule has 0 aromatic rings. The third-order valence-electron chi connectivity index (χ3n) is 6.39. The minimum absolute atomic E-state index is 0.0479. The van der Waals surface area contributed by atoms with E-state index in [9.17, 15) is 4.79 Å². The summed E-state index contributed by atoms with van der Waals surface area (Å²) >= 11 is 0. The lowest BCUT2D eigenvalue weighted by Gasteiger charge is -2.47. The summed E-state index contributed by atoms with van der Waals surface area (Å²) in [6.07, 6.45) is 8.96. The summed E-state index contributed by atoms with van der Waals surface area (Å²) in [5.74, 6) is 0.213. The van der Waals surface area contributed by atoms with Crippen LogP contribution in [0.5, 0.6) is 0 Å². The Labute approximate surface area is 161 Å². The quantitative estimate of drug-likeness (QED) is 0.639. The lowest BCUT2D eigenvalue weighted by atomic mass is 9.68. The molecular formula is C22H41NO3. The highest BCUT2D eigenvalue weighted by Gasteiger charge is 2.41. The van der Waals surface area contributed by atoms with Crippen molar-refractivity contribution < 1.29 is 14.3 Å². The van der Waals surface area contributed by atoms with Gasteiger partial charge < -0.3 is 14.4 Å². The molecule has 0 saturated carbocycles. The number of hydrogen-bond donors (Lipinski definition) is 0. The zero-order valence-electron chi connectivity index (χ0n) is 18.0. The van der Waals surface area contributed by atoms with Crippen LogP contribution in [0.2, 0.25) is 0 Å². The van der Waals surface area contributed by atoms with Gasteiger partial charge in [0, 0.05) is 32.7 Å². The monoisotopic (exact) mass is 367 g/mol. The van der Waals surface area contributed by atoms with Crippen molar-refractivity contribution in [2.75, 3.05) is 19.8 Å². The maximum atomic E-state index is 12.4. The number of hydrogen-bond acceptors (Lipinski definition) is 3. The molecule has 4 nitrogen and oxygen atoms in total. The average molecular weight is 368 g/mol. The highest BCUT2D eigenvalue weighted by Crippen LogP contribution is 2.45. The fourth-order valence-electron chi connectivity index (χ4n) is 5.11. The molecule has 0 N–H and O–H groups in total. The first-order chi connectivity index (χ1) is 12.1. The standard InChI is InChI=1S/C22H41NO3/c1-7-8-10-22(12-15-26-21(5,6)17-22)11-13-23(18(2)24)19-9-14-25-20(3,4)16-19/h19H,7-17H2,1-6H3. The predicted octanol–water partition coefficient (Wildman–Crippen LogP) is 4.95. The Morgan fingerprint density at radius 2 is 1.77 bits per heavy atom. The van der Waals surface area contributed by atoms with E-state index in [1.807, 2.05) is 0 Å². The van der Waals surface area contributed by atoms with Crippen LogP contribution in [-0.4, -0.2) is 47.8 Å². The molecule has 152 valence electrons. The van der Waals surface area contributed by atoms with E-state index in [1.165, 1.54) is 19.3 Å². The Balaban J connectivity index is 2.07. The summed E-state index contributed by atoms with van der Waals surface area (Å²) in [5.41, 5.74) is 0.136. The van der Waals surface area contributed by atoms with Gasteiger partial charge in [-0.3, -0.25) is 4.79 Å². The molecule has 4 heteroatoms. The zero-order valence-corrected chi connectivity index (χ0v) is 18.0. The van der Waals surface area contributed by atoms with Crippen LogP contribution in [0.4, 0.5) is 0 Å². The Morgan fingerprint density at radius 1 is 1.08 bits per heavy atom. The average Bonchev–Trinajstić information content (AvgIpc) is 2.51. The molecule has 2 aliphatic rings. The third kappa shape index (κ3) is 5.95. The number of nitrogens with zero attached hydrogens (tertiary/aromatic N) is 1. The van der Waals surface area contributed by atoms with Crippen molar-refractivity contribution in [2.45, 2.75) is 110 Å². The lowest BCUT2D eigenvalue weighted by Crippen LogP contribution is -2.50. The Hall–Kier alpha value is -0.610. The summed E-state index contributed by atoms with van der Waals surface area (Å²) in [7, 11) is 0. The summed E-state index contributed by atoms with van der Waals surface area (Å²) in [4.78, 5) is 14.6. The van der Waals surface area contributed by atoms with Gasteiger partial charge in [-0.15, -0.1) is 0 Å². The minimum atomic E-state index is -0.128. The largest absolute Gasteiger partial charge is 0.376 e. The van der Waals surface area contributed by atoms with Crippen molar-refractivity contribution in [2.24, 2.45) is 5.41 Å². The van der Waals surface area contributed by atoms with Crippen molar-refractivity contribution in [3.05, 3.63) is 0 Å². The first kappa shape index (κ1) is 21.7. The molecule has 26 heavy (non-hydrogen) atoms. The van der Waals surface area contributed by atoms with E-state index in [2.05, 4.69) is 39.5 Å². The van der Waals surface area contributed by atoms with E-state index >= 15 is 0 Å². The number of carbonyl (C=O) groups is 1. The molecule has 2 aliphatic heterocycles. The van der Waals surface area contributed by atoms with Crippen LogP contribution in [-0.2, 0) is 14.3 Å². The van der Waals surface area contributed by atoms with Crippen LogP contribution < -0.4 is 0 Å². The van der Waals surface area contributed by atoms with Gasteiger partial charge in [-0.05, 0) is 71.6 Å². The molecule has 2 atom stereocenters. The highest BCUT2D eigenvalue weighted by atomic mass is 16.5. The van der Waals surface area contributed by atoms with Crippen molar-refractivity contribution in [3.63, 3.8) is 0 Å². The van der Waals surface area contributed by atoms with Crippen molar-refractivity contribution in [1.29, 1.82) is 0 Å². The van der Waals surface area contributed by atoms with Gasteiger partial charge in [0.15, 0.2) is 0 Å². The van der Waals surface area contributed by atoms with Gasteiger partial charge in [0.2, 0.25) is 5.91 Å². The summed E-state index contributed by atoms with van der Waals surface area (Å²) < 4.78 is 11.9.